The van der Waals surface area contributed by atoms with E-state index in [4.69, 9.17) is 0 Å². The van der Waals surface area contributed by atoms with Gasteiger partial charge in [-0.2, -0.15) is 0 Å². The van der Waals surface area contributed by atoms with Crippen molar-refractivity contribution in [3.8, 4) is 0 Å². The highest BCUT2D eigenvalue weighted by Gasteiger charge is 2.19. The number of hydrogen-bond acceptors (Lipinski definition) is 2. The minimum absolute atomic E-state index is 0.108. The van der Waals surface area contributed by atoms with Gasteiger partial charge in [-0.15, -0.1) is 0 Å². The van der Waals surface area contributed by atoms with Gasteiger partial charge >= 0.3 is 0 Å². The van der Waals surface area contributed by atoms with Crippen LogP contribution in [-0.2, 0) is 4.79 Å². The van der Waals surface area contributed by atoms with Crippen LogP contribution < -0.4 is 5.32 Å². The molecule has 1 aliphatic rings. The lowest BCUT2D eigenvalue weighted by Crippen LogP contribution is -2.44. The Kier molecular flexibility index (Phi) is 7.90. The van der Waals surface area contributed by atoms with Crippen molar-refractivity contribution < 1.29 is 4.79 Å². The molecule has 1 atom stereocenters. The first kappa shape index (κ1) is 17.2. The van der Waals surface area contributed by atoms with E-state index >= 15 is 0 Å². The quantitative estimate of drug-likeness (QED) is 0.725. The standard InChI is InChI=1S/C17H32N2O/c1-14(2)6-5-7-15(3)8-11-19-12-9-17(10-13-19)18-16(4)20/h6,15,17H,5,7-13H2,1-4H3,(H,18,20)/t15-/m1/s1. The van der Waals surface area contributed by atoms with Gasteiger partial charge in [0.1, 0.15) is 0 Å². The summed E-state index contributed by atoms with van der Waals surface area (Å²) in [4.78, 5) is 13.6. The molecular weight excluding hydrogens is 248 g/mol. The fourth-order valence-corrected chi connectivity index (χ4v) is 2.79. The molecule has 1 amide bonds. The number of hydrogen-bond donors (Lipinski definition) is 1. The van der Waals surface area contributed by atoms with Gasteiger partial charge in [-0.1, -0.05) is 18.6 Å². The number of piperidine rings is 1. The Balaban J connectivity index is 2.11. The van der Waals surface area contributed by atoms with Crippen LogP contribution in [0.4, 0.5) is 0 Å². The highest BCUT2D eigenvalue weighted by molar-refractivity contribution is 5.73. The van der Waals surface area contributed by atoms with E-state index in [0.29, 0.717) is 6.04 Å². The summed E-state index contributed by atoms with van der Waals surface area (Å²) in [7, 11) is 0. The first-order valence-electron chi connectivity index (χ1n) is 8.10. The maximum Gasteiger partial charge on any atom is 0.217 e. The smallest absolute Gasteiger partial charge is 0.217 e. The Bertz CT molecular complexity index is 313. The third-order valence-electron chi connectivity index (χ3n) is 4.15. The molecule has 0 bridgehead atoms. The van der Waals surface area contributed by atoms with Gasteiger partial charge in [0.05, 0.1) is 0 Å². The lowest BCUT2D eigenvalue weighted by atomic mass is 9.99. The van der Waals surface area contributed by atoms with Crippen molar-refractivity contribution in [3.05, 3.63) is 11.6 Å². The van der Waals surface area contributed by atoms with Crippen molar-refractivity contribution in [2.75, 3.05) is 19.6 Å². The van der Waals surface area contributed by atoms with E-state index < -0.39 is 0 Å². The summed E-state index contributed by atoms with van der Waals surface area (Å²) in [5.74, 6) is 0.912. The SMILES string of the molecule is CC(=O)NC1CCN(CC[C@H](C)CCC=C(C)C)CC1. The van der Waals surface area contributed by atoms with Crippen LogP contribution in [0.2, 0.25) is 0 Å². The number of carbonyl (C=O) groups is 1. The average molecular weight is 280 g/mol. The van der Waals surface area contributed by atoms with Crippen LogP contribution in [0.3, 0.4) is 0 Å². The fraction of sp³-hybridized carbons (Fsp3) is 0.824. The summed E-state index contributed by atoms with van der Waals surface area (Å²) in [5.41, 5.74) is 1.43. The van der Waals surface area contributed by atoms with Gasteiger partial charge in [0.25, 0.3) is 0 Å². The second kappa shape index (κ2) is 9.17. The highest BCUT2D eigenvalue weighted by Crippen LogP contribution is 2.15. The number of amides is 1. The molecule has 1 saturated heterocycles. The Morgan fingerprint density at radius 2 is 1.90 bits per heavy atom. The summed E-state index contributed by atoms with van der Waals surface area (Å²) >= 11 is 0. The zero-order valence-electron chi connectivity index (χ0n) is 13.7. The molecule has 0 aromatic rings. The zero-order chi connectivity index (χ0) is 15.0. The Labute approximate surface area is 124 Å². The topological polar surface area (TPSA) is 32.3 Å². The molecule has 1 rings (SSSR count). The molecule has 116 valence electrons. The Morgan fingerprint density at radius 3 is 2.45 bits per heavy atom. The summed E-state index contributed by atoms with van der Waals surface area (Å²) in [5, 5.41) is 3.03. The molecule has 3 heteroatoms. The van der Waals surface area contributed by atoms with Gasteiger partial charge in [0.2, 0.25) is 5.91 Å². The molecule has 20 heavy (non-hydrogen) atoms. The summed E-state index contributed by atoms with van der Waals surface area (Å²) < 4.78 is 0. The van der Waals surface area contributed by atoms with Crippen molar-refractivity contribution in [2.24, 2.45) is 5.92 Å². The molecule has 0 aliphatic carbocycles. The predicted molar refractivity (Wildman–Crippen MR) is 85.7 cm³/mol. The first-order valence-corrected chi connectivity index (χ1v) is 8.10. The van der Waals surface area contributed by atoms with Crippen molar-refractivity contribution in [1.29, 1.82) is 0 Å². The second-order valence-electron chi connectivity index (χ2n) is 6.57. The van der Waals surface area contributed by atoms with Crippen LogP contribution in [0.1, 0.15) is 59.8 Å². The largest absolute Gasteiger partial charge is 0.354 e. The number of rotatable bonds is 7. The first-order chi connectivity index (χ1) is 9.47. The van der Waals surface area contributed by atoms with Gasteiger partial charge in [0, 0.05) is 26.1 Å². The lowest BCUT2D eigenvalue weighted by Gasteiger charge is -2.32. The Morgan fingerprint density at radius 1 is 1.25 bits per heavy atom. The maximum atomic E-state index is 11.0. The Hall–Kier alpha value is -0.830. The number of allylic oxidation sites excluding steroid dienone is 2. The van der Waals surface area contributed by atoms with E-state index in [-0.39, 0.29) is 5.91 Å². The number of nitrogens with zero attached hydrogens (tertiary/aromatic N) is 1. The van der Waals surface area contributed by atoms with Crippen molar-refractivity contribution >= 4 is 5.91 Å². The van der Waals surface area contributed by atoms with Gasteiger partial charge in [-0.05, 0) is 58.4 Å². The molecule has 0 saturated carbocycles. The lowest BCUT2D eigenvalue weighted by molar-refractivity contribution is -0.119. The third-order valence-corrected chi connectivity index (χ3v) is 4.15. The van der Waals surface area contributed by atoms with Crippen LogP contribution in [0.5, 0.6) is 0 Å². The highest BCUT2D eigenvalue weighted by atomic mass is 16.1. The molecule has 1 heterocycles. The summed E-state index contributed by atoms with van der Waals surface area (Å²) in [6.45, 7) is 11.8. The van der Waals surface area contributed by atoms with Crippen LogP contribution in [0.15, 0.2) is 11.6 Å². The van der Waals surface area contributed by atoms with Crippen molar-refractivity contribution in [2.45, 2.75) is 65.8 Å². The number of likely N-dealkylation sites (tertiary alicyclic amines) is 1. The van der Waals surface area contributed by atoms with Crippen molar-refractivity contribution in [3.63, 3.8) is 0 Å². The fourth-order valence-electron chi connectivity index (χ4n) is 2.79. The zero-order valence-corrected chi connectivity index (χ0v) is 13.7. The molecule has 0 aromatic heterocycles. The van der Waals surface area contributed by atoms with E-state index in [2.05, 4.69) is 37.1 Å². The summed E-state index contributed by atoms with van der Waals surface area (Å²) in [6, 6.07) is 0.402. The molecule has 1 aliphatic heterocycles. The molecule has 0 radical (unpaired) electrons. The van der Waals surface area contributed by atoms with E-state index in [1.54, 1.807) is 6.92 Å². The minimum Gasteiger partial charge on any atom is -0.354 e. The van der Waals surface area contributed by atoms with E-state index in [1.165, 1.54) is 31.4 Å². The van der Waals surface area contributed by atoms with E-state index in [1.807, 2.05) is 0 Å². The van der Waals surface area contributed by atoms with Gasteiger partial charge < -0.3 is 10.2 Å². The maximum absolute atomic E-state index is 11.0. The third kappa shape index (κ3) is 7.68. The molecule has 3 nitrogen and oxygen atoms in total. The molecular formula is C17H32N2O. The normalized spacial score (nSPS) is 18.6. The average Bonchev–Trinajstić information content (AvgIpc) is 2.37. The monoisotopic (exact) mass is 280 g/mol. The molecule has 0 spiro atoms. The van der Waals surface area contributed by atoms with Crippen LogP contribution in [0.25, 0.3) is 0 Å². The van der Waals surface area contributed by atoms with E-state index in [0.717, 1.165) is 31.8 Å². The second-order valence-corrected chi connectivity index (χ2v) is 6.57. The molecule has 0 unspecified atom stereocenters. The van der Waals surface area contributed by atoms with E-state index in [9.17, 15) is 4.79 Å². The van der Waals surface area contributed by atoms with Gasteiger partial charge in [-0.3, -0.25) is 4.79 Å². The molecule has 0 aromatic carbocycles. The van der Waals surface area contributed by atoms with Crippen LogP contribution >= 0.6 is 0 Å². The van der Waals surface area contributed by atoms with Crippen LogP contribution in [-0.4, -0.2) is 36.5 Å². The van der Waals surface area contributed by atoms with Crippen molar-refractivity contribution in [1.82, 2.24) is 10.2 Å². The predicted octanol–water partition coefficient (Wildman–Crippen LogP) is 3.36. The molecule has 1 fully saturated rings. The number of carbonyl (C=O) groups excluding carboxylic acids is 1. The van der Waals surface area contributed by atoms with Gasteiger partial charge in [-0.25, -0.2) is 0 Å². The number of nitrogens with one attached hydrogen (secondary N) is 1. The molecule has 1 N–H and O–H groups in total. The summed E-state index contributed by atoms with van der Waals surface area (Å²) in [6.07, 6.45) is 8.36. The minimum atomic E-state index is 0.108. The van der Waals surface area contributed by atoms with Crippen LogP contribution in [0, 0.1) is 5.92 Å². The van der Waals surface area contributed by atoms with Gasteiger partial charge in [0.15, 0.2) is 0 Å².